The lowest BCUT2D eigenvalue weighted by atomic mass is 9.64. The first-order valence-electron chi connectivity index (χ1n) is 13.6. The number of likely N-dealkylation sites (N-methyl/N-ethyl adjacent to an activating group) is 1. The van der Waals surface area contributed by atoms with Crippen molar-refractivity contribution < 1.29 is 23.5 Å². The largest absolute Gasteiger partial charge is 0.473 e. The highest BCUT2D eigenvalue weighted by Crippen LogP contribution is 2.47. The average molecular weight is 497 g/mol. The van der Waals surface area contributed by atoms with Gasteiger partial charge in [0, 0.05) is 24.4 Å². The maximum absolute atomic E-state index is 13.1. The number of ether oxygens (including phenoxy) is 3. The van der Waals surface area contributed by atoms with Gasteiger partial charge in [-0.2, -0.15) is 9.97 Å². The number of Topliss-reactive ketones (excluding diaryl/α,β-unsaturated/α-hetero) is 1. The minimum absolute atomic E-state index is 0.0303. The molecule has 0 N–H and O–H groups in total. The monoisotopic (exact) mass is 496 g/mol. The Bertz CT molecular complexity index is 1110. The molecular formula is C27H36N4O5. The fourth-order valence-electron chi connectivity index (χ4n) is 6.57. The molecule has 2 saturated heterocycles. The topological polar surface area (TPSA) is 99.8 Å². The lowest BCUT2D eigenvalue weighted by molar-refractivity contribution is -0.128. The number of hydrogen-bond donors (Lipinski definition) is 0. The van der Waals surface area contributed by atoms with Crippen molar-refractivity contribution in [3.8, 4) is 23.3 Å². The fraction of sp³-hybridized carbons (Fsp3) is 0.704. The van der Waals surface area contributed by atoms with Crippen LogP contribution in [-0.4, -0.2) is 70.9 Å². The van der Waals surface area contributed by atoms with Crippen LogP contribution >= 0.6 is 0 Å². The molecule has 0 amide bonds. The van der Waals surface area contributed by atoms with E-state index < -0.39 is 5.41 Å². The molecule has 2 aromatic rings. The van der Waals surface area contributed by atoms with E-state index in [1.807, 2.05) is 0 Å². The number of ketones is 1. The first-order valence-corrected chi connectivity index (χ1v) is 13.6. The summed E-state index contributed by atoms with van der Waals surface area (Å²) in [4.78, 5) is 24.9. The molecule has 0 radical (unpaired) electrons. The molecule has 0 unspecified atom stereocenters. The van der Waals surface area contributed by atoms with Gasteiger partial charge < -0.3 is 18.7 Å². The molecule has 2 aliphatic carbocycles. The van der Waals surface area contributed by atoms with Crippen LogP contribution in [0.5, 0.6) is 11.8 Å². The van der Waals surface area contributed by atoms with Crippen molar-refractivity contribution in [1.29, 1.82) is 0 Å². The van der Waals surface area contributed by atoms with Crippen molar-refractivity contribution in [1.82, 2.24) is 20.0 Å². The highest BCUT2D eigenvalue weighted by atomic mass is 16.6. The van der Waals surface area contributed by atoms with E-state index in [0.717, 1.165) is 69.2 Å². The van der Waals surface area contributed by atoms with Gasteiger partial charge in [-0.25, -0.2) is 0 Å². The number of rotatable bonds is 6. The van der Waals surface area contributed by atoms with E-state index in [9.17, 15) is 4.79 Å². The maximum atomic E-state index is 13.1. The van der Waals surface area contributed by atoms with Gasteiger partial charge in [0.05, 0.1) is 24.7 Å². The highest BCUT2D eigenvalue weighted by molar-refractivity contribution is 5.91. The smallest absolute Gasteiger partial charge is 0.221 e. The Balaban J connectivity index is 1.35. The molecule has 6 rings (SSSR count). The average Bonchev–Trinajstić information content (AvgIpc) is 3.62. The Labute approximate surface area is 211 Å². The molecule has 1 saturated carbocycles. The van der Waals surface area contributed by atoms with Gasteiger partial charge in [-0.3, -0.25) is 9.69 Å². The number of nitrogens with zero attached hydrogens (tertiary/aromatic N) is 4. The summed E-state index contributed by atoms with van der Waals surface area (Å²) in [5.74, 6) is 2.37. The second kappa shape index (κ2) is 9.74. The third-order valence-electron chi connectivity index (χ3n) is 8.54. The summed E-state index contributed by atoms with van der Waals surface area (Å²) in [6.07, 6.45) is 9.02. The van der Waals surface area contributed by atoms with Crippen LogP contribution in [0.1, 0.15) is 76.0 Å². The molecule has 4 aliphatic rings. The summed E-state index contributed by atoms with van der Waals surface area (Å²) < 4.78 is 24.0. The molecule has 4 atom stereocenters. The molecule has 3 fully saturated rings. The van der Waals surface area contributed by atoms with Gasteiger partial charge in [-0.1, -0.05) is 11.6 Å². The summed E-state index contributed by atoms with van der Waals surface area (Å²) in [5.41, 5.74) is 1.03. The van der Waals surface area contributed by atoms with E-state index in [2.05, 4.69) is 24.0 Å². The molecule has 1 spiro atoms. The summed E-state index contributed by atoms with van der Waals surface area (Å²) in [6, 6.07) is 2.11. The molecule has 9 nitrogen and oxygen atoms in total. The SMILES string of the molecule is C[C@H](Oc1cc(O[C@H]2CCOC2)nc(-c2noc3c2CCC[C@@]32CCCCC2=O)n1)[C@@H]1CCCN1C. The predicted molar refractivity (Wildman–Crippen MR) is 131 cm³/mol. The minimum atomic E-state index is -0.534. The number of likely N-dealkylation sites (tertiary alicyclic amines) is 1. The molecule has 2 aliphatic heterocycles. The molecular weight excluding hydrogens is 460 g/mol. The van der Waals surface area contributed by atoms with Gasteiger partial charge in [0.25, 0.3) is 0 Å². The summed E-state index contributed by atoms with van der Waals surface area (Å²) in [6.45, 7) is 4.40. The van der Waals surface area contributed by atoms with Crippen molar-refractivity contribution in [2.75, 3.05) is 26.8 Å². The standard InChI is InChI=1S/C27H36N4O5/c1-17(20-8-6-13-31(20)2)34-22-15-23(35-18-10-14-33-16-18)29-26(28-22)24-19-7-5-12-27(25(19)36-30-24)11-4-3-9-21(27)32/h15,17-18,20H,3-14,16H2,1-2H3/t17-,18-,20-,27+/m0/s1. The van der Waals surface area contributed by atoms with Crippen LogP contribution in [-0.2, 0) is 21.4 Å². The van der Waals surface area contributed by atoms with E-state index >= 15 is 0 Å². The summed E-state index contributed by atoms with van der Waals surface area (Å²) >= 11 is 0. The van der Waals surface area contributed by atoms with Crippen LogP contribution < -0.4 is 9.47 Å². The molecule has 36 heavy (non-hydrogen) atoms. The van der Waals surface area contributed by atoms with Gasteiger partial charge in [-0.05, 0) is 65.5 Å². The minimum Gasteiger partial charge on any atom is -0.473 e. The zero-order valence-electron chi connectivity index (χ0n) is 21.3. The van der Waals surface area contributed by atoms with E-state index in [4.69, 9.17) is 28.7 Å². The number of hydrogen-bond acceptors (Lipinski definition) is 9. The Morgan fingerprint density at radius 1 is 1.11 bits per heavy atom. The van der Waals surface area contributed by atoms with Gasteiger partial charge in [0.15, 0.2) is 17.3 Å². The van der Waals surface area contributed by atoms with Gasteiger partial charge >= 0.3 is 0 Å². The molecule has 0 bridgehead atoms. The first kappa shape index (κ1) is 23.9. The number of carbonyl (C=O) groups is 1. The highest BCUT2D eigenvalue weighted by Gasteiger charge is 2.48. The van der Waals surface area contributed by atoms with E-state index in [1.54, 1.807) is 6.07 Å². The van der Waals surface area contributed by atoms with Crippen molar-refractivity contribution >= 4 is 5.78 Å². The third-order valence-corrected chi connectivity index (χ3v) is 8.54. The Kier molecular flexibility index (Phi) is 6.46. The second-order valence-electron chi connectivity index (χ2n) is 10.9. The fourth-order valence-corrected chi connectivity index (χ4v) is 6.57. The van der Waals surface area contributed by atoms with Gasteiger partial charge in [-0.15, -0.1) is 0 Å². The predicted octanol–water partition coefficient (Wildman–Crippen LogP) is 3.88. The van der Waals surface area contributed by atoms with Crippen LogP contribution in [0.4, 0.5) is 0 Å². The van der Waals surface area contributed by atoms with E-state index in [-0.39, 0.29) is 18.0 Å². The normalized spacial score (nSPS) is 29.4. The van der Waals surface area contributed by atoms with Gasteiger partial charge in [0.1, 0.15) is 18.0 Å². The van der Waals surface area contributed by atoms with E-state index in [1.165, 1.54) is 6.42 Å². The van der Waals surface area contributed by atoms with Crippen molar-refractivity contribution in [2.45, 2.75) is 94.8 Å². The number of fused-ring (bicyclic) bond motifs is 2. The molecule has 2 aromatic heterocycles. The lowest BCUT2D eigenvalue weighted by Gasteiger charge is -2.36. The Morgan fingerprint density at radius 2 is 1.97 bits per heavy atom. The van der Waals surface area contributed by atoms with Crippen LogP contribution in [0.15, 0.2) is 10.6 Å². The molecule has 0 aromatic carbocycles. The quantitative estimate of drug-likeness (QED) is 0.590. The molecule has 194 valence electrons. The van der Waals surface area contributed by atoms with Gasteiger partial charge in [0.2, 0.25) is 11.8 Å². The second-order valence-corrected chi connectivity index (χ2v) is 10.9. The van der Waals surface area contributed by atoms with Crippen LogP contribution in [0.25, 0.3) is 11.5 Å². The summed E-state index contributed by atoms with van der Waals surface area (Å²) in [7, 11) is 2.14. The molecule has 4 heterocycles. The maximum Gasteiger partial charge on any atom is 0.221 e. The number of aromatic nitrogens is 3. The Hall–Kier alpha value is -2.52. The van der Waals surface area contributed by atoms with Crippen molar-refractivity contribution in [3.63, 3.8) is 0 Å². The summed E-state index contributed by atoms with van der Waals surface area (Å²) in [5, 5.41) is 4.44. The zero-order chi connectivity index (χ0) is 24.7. The Morgan fingerprint density at radius 3 is 2.75 bits per heavy atom. The van der Waals surface area contributed by atoms with Crippen molar-refractivity contribution in [2.24, 2.45) is 0 Å². The number of carbonyl (C=O) groups excluding carboxylic acids is 1. The van der Waals surface area contributed by atoms with E-state index in [0.29, 0.717) is 49.0 Å². The van der Waals surface area contributed by atoms with Crippen LogP contribution in [0.3, 0.4) is 0 Å². The van der Waals surface area contributed by atoms with Crippen LogP contribution in [0, 0.1) is 0 Å². The lowest BCUT2D eigenvalue weighted by Crippen LogP contribution is -2.41. The van der Waals surface area contributed by atoms with Crippen LogP contribution in [0.2, 0.25) is 0 Å². The first-order chi connectivity index (χ1) is 17.5. The zero-order valence-corrected chi connectivity index (χ0v) is 21.3. The molecule has 9 heteroatoms. The van der Waals surface area contributed by atoms with Crippen molar-refractivity contribution in [3.05, 3.63) is 17.4 Å². The third kappa shape index (κ3) is 4.30.